The van der Waals surface area contributed by atoms with Crippen LogP contribution >= 0.6 is 0 Å². The van der Waals surface area contributed by atoms with Crippen LogP contribution in [0.4, 0.5) is 4.39 Å². The number of hydrogen-bond donors (Lipinski definition) is 2. The Balaban J connectivity index is 2.19. The molecular formula is C20H18FNO5S. The normalized spacial score (nSPS) is 12.1. The number of rotatable bonds is 6. The summed E-state index contributed by atoms with van der Waals surface area (Å²) in [6.45, 7) is 3.56. The van der Waals surface area contributed by atoms with E-state index >= 15 is 0 Å². The van der Waals surface area contributed by atoms with E-state index in [0.29, 0.717) is 39.6 Å². The molecule has 1 unspecified atom stereocenters. The average molecular weight is 403 g/mol. The number of carboxylic acid groups (broad SMARTS) is 1. The molecule has 0 amide bonds. The Morgan fingerprint density at radius 1 is 1.25 bits per heavy atom. The minimum Gasteiger partial charge on any atom is -0.481 e. The van der Waals surface area contributed by atoms with Crippen LogP contribution in [-0.2, 0) is 28.7 Å². The molecule has 0 saturated carbocycles. The number of fused-ring (bicyclic) bond motifs is 1. The maximum atomic E-state index is 13.9. The molecule has 2 N–H and O–H groups in total. The Morgan fingerprint density at radius 2 is 2.00 bits per heavy atom. The number of carboxylic acids is 1. The number of nitrogens with zero attached hydrogens (tertiary/aromatic N) is 1. The predicted molar refractivity (Wildman–Crippen MR) is 103 cm³/mol. The molecule has 3 rings (SSSR count). The molecule has 1 aromatic heterocycles. The molecule has 2 aromatic carbocycles. The van der Waals surface area contributed by atoms with Crippen molar-refractivity contribution < 1.29 is 27.8 Å². The third-order valence-electron chi connectivity index (χ3n) is 4.44. The molecule has 1 heterocycles. The van der Waals surface area contributed by atoms with Gasteiger partial charge in [0.25, 0.3) is 0 Å². The average Bonchev–Trinajstić information content (AvgIpc) is 2.65. The highest BCUT2D eigenvalue weighted by atomic mass is 32.2. The van der Waals surface area contributed by atoms with Gasteiger partial charge in [-0.25, -0.2) is 13.6 Å². The number of benzene rings is 2. The third kappa shape index (κ3) is 4.02. The van der Waals surface area contributed by atoms with Crippen LogP contribution in [0.2, 0.25) is 0 Å². The Kier molecular flexibility index (Phi) is 5.71. The number of halogens is 1. The summed E-state index contributed by atoms with van der Waals surface area (Å²) in [6, 6.07) is 7.42. The second-order valence-corrected chi connectivity index (χ2v) is 7.24. The van der Waals surface area contributed by atoms with Crippen molar-refractivity contribution >= 4 is 27.8 Å². The van der Waals surface area contributed by atoms with Crippen LogP contribution in [0.25, 0.3) is 10.8 Å². The molecule has 28 heavy (non-hydrogen) atoms. The highest BCUT2D eigenvalue weighted by Crippen LogP contribution is 2.37. The van der Waals surface area contributed by atoms with Gasteiger partial charge in [0.1, 0.15) is 11.6 Å². The first kappa shape index (κ1) is 19.9. The van der Waals surface area contributed by atoms with Gasteiger partial charge < -0.3 is 14.4 Å². The number of hydrogen-bond acceptors (Lipinski definition) is 4. The SMILES string of the molecule is CCc1cc(S(=O)O)cnc1Oc1c(C)c(CC(=O)O)cc2ccc(F)cc12. The highest BCUT2D eigenvalue weighted by molar-refractivity contribution is 7.79. The summed E-state index contributed by atoms with van der Waals surface area (Å²) in [5.41, 5.74) is 1.72. The van der Waals surface area contributed by atoms with Crippen LogP contribution in [0, 0.1) is 12.7 Å². The first-order valence-electron chi connectivity index (χ1n) is 8.51. The van der Waals surface area contributed by atoms with E-state index in [0.717, 1.165) is 0 Å². The van der Waals surface area contributed by atoms with Gasteiger partial charge in [-0.2, -0.15) is 0 Å². The Morgan fingerprint density at radius 3 is 2.64 bits per heavy atom. The summed E-state index contributed by atoms with van der Waals surface area (Å²) < 4.78 is 40.4. The molecule has 0 saturated heterocycles. The number of carbonyl (C=O) groups is 1. The lowest BCUT2D eigenvalue weighted by Gasteiger charge is -2.17. The van der Waals surface area contributed by atoms with E-state index in [1.54, 1.807) is 19.1 Å². The monoisotopic (exact) mass is 403 g/mol. The van der Waals surface area contributed by atoms with Gasteiger partial charge in [-0.3, -0.25) is 4.79 Å². The van der Waals surface area contributed by atoms with Gasteiger partial charge in [0.05, 0.1) is 11.3 Å². The van der Waals surface area contributed by atoms with E-state index in [1.807, 2.05) is 6.92 Å². The number of aromatic nitrogens is 1. The van der Waals surface area contributed by atoms with E-state index < -0.39 is 22.9 Å². The fourth-order valence-corrected chi connectivity index (χ4v) is 3.37. The van der Waals surface area contributed by atoms with Gasteiger partial charge >= 0.3 is 5.97 Å². The van der Waals surface area contributed by atoms with Crippen molar-refractivity contribution in [3.8, 4) is 11.6 Å². The van der Waals surface area contributed by atoms with Crippen LogP contribution in [0.1, 0.15) is 23.6 Å². The van der Waals surface area contributed by atoms with Crippen molar-refractivity contribution in [1.29, 1.82) is 0 Å². The van der Waals surface area contributed by atoms with Crippen LogP contribution < -0.4 is 4.74 Å². The second kappa shape index (κ2) is 8.04. The van der Waals surface area contributed by atoms with E-state index in [-0.39, 0.29) is 17.2 Å². The summed E-state index contributed by atoms with van der Waals surface area (Å²) in [4.78, 5) is 15.5. The van der Waals surface area contributed by atoms with Gasteiger partial charge in [-0.05, 0) is 48.1 Å². The van der Waals surface area contributed by atoms with Gasteiger partial charge in [-0.1, -0.05) is 19.1 Å². The first-order chi connectivity index (χ1) is 13.3. The lowest BCUT2D eigenvalue weighted by atomic mass is 9.98. The molecule has 1 atom stereocenters. The van der Waals surface area contributed by atoms with Crippen molar-refractivity contribution in [3.05, 3.63) is 59.0 Å². The molecule has 6 nitrogen and oxygen atoms in total. The third-order valence-corrected chi connectivity index (χ3v) is 5.06. The molecule has 0 aliphatic carbocycles. The van der Waals surface area contributed by atoms with E-state index in [2.05, 4.69) is 4.98 Å². The van der Waals surface area contributed by atoms with Crippen molar-refractivity contribution in [2.75, 3.05) is 0 Å². The second-order valence-electron chi connectivity index (χ2n) is 6.27. The highest BCUT2D eigenvalue weighted by Gasteiger charge is 2.17. The summed E-state index contributed by atoms with van der Waals surface area (Å²) in [6.07, 6.45) is 1.53. The molecule has 0 aliphatic rings. The predicted octanol–water partition coefficient (Wildman–Crippen LogP) is 4.24. The number of aliphatic carboxylic acids is 1. The van der Waals surface area contributed by atoms with E-state index in [9.17, 15) is 23.1 Å². The maximum absolute atomic E-state index is 13.9. The van der Waals surface area contributed by atoms with Gasteiger partial charge in [0.15, 0.2) is 11.1 Å². The van der Waals surface area contributed by atoms with Crippen LogP contribution in [0.3, 0.4) is 0 Å². The molecule has 0 aliphatic heterocycles. The minimum absolute atomic E-state index is 0.149. The molecule has 8 heteroatoms. The smallest absolute Gasteiger partial charge is 0.307 e. The Labute approximate surface area is 163 Å². The summed E-state index contributed by atoms with van der Waals surface area (Å²) >= 11 is -2.17. The Hall–Kier alpha value is -2.84. The molecule has 0 fully saturated rings. The van der Waals surface area contributed by atoms with Gasteiger partial charge in [-0.15, -0.1) is 0 Å². The summed E-state index contributed by atoms with van der Waals surface area (Å²) in [5, 5.41) is 10.3. The lowest BCUT2D eigenvalue weighted by Crippen LogP contribution is -2.05. The van der Waals surface area contributed by atoms with E-state index in [4.69, 9.17) is 4.74 Å². The topological polar surface area (TPSA) is 96.7 Å². The fourth-order valence-electron chi connectivity index (χ4n) is 2.99. The van der Waals surface area contributed by atoms with Crippen LogP contribution in [0.15, 0.2) is 41.4 Å². The van der Waals surface area contributed by atoms with Crippen molar-refractivity contribution in [2.45, 2.75) is 31.6 Å². The van der Waals surface area contributed by atoms with Gasteiger partial charge in [0, 0.05) is 17.1 Å². The minimum atomic E-state index is -2.17. The number of ether oxygens (including phenoxy) is 1. The molecular weight excluding hydrogens is 385 g/mol. The molecule has 3 aromatic rings. The largest absolute Gasteiger partial charge is 0.481 e. The maximum Gasteiger partial charge on any atom is 0.307 e. The molecule has 0 spiro atoms. The van der Waals surface area contributed by atoms with E-state index in [1.165, 1.54) is 24.4 Å². The van der Waals surface area contributed by atoms with Crippen molar-refractivity contribution in [3.63, 3.8) is 0 Å². The number of pyridine rings is 1. The molecule has 0 radical (unpaired) electrons. The Bertz CT molecular complexity index is 1100. The zero-order valence-electron chi connectivity index (χ0n) is 15.2. The van der Waals surface area contributed by atoms with Crippen molar-refractivity contribution in [1.82, 2.24) is 4.98 Å². The first-order valence-corrected chi connectivity index (χ1v) is 9.62. The fraction of sp³-hybridized carbons (Fsp3) is 0.200. The summed E-state index contributed by atoms with van der Waals surface area (Å²) in [7, 11) is 0. The van der Waals surface area contributed by atoms with Gasteiger partial charge in [0.2, 0.25) is 5.88 Å². The summed E-state index contributed by atoms with van der Waals surface area (Å²) in [5.74, 6) is -0.902. The zero-order chi connectivity index (χ0) is 20.4. The number of aryl methyl sites for hydroxylation is 1. The van der Waals surface area contributed by atoms with Crippen LogP contribution in [-0.4, -0.2) is 24.8 Å². The zero-order valence-corrected chi connectivity index (χ0v) is 16.0. The lowest BCUT2D eigenvalue weighted by molar-refractivity contribution is -0.136. The molecule has 146 valence electrons. The van der Waals surface area contributed by atoms with Crippen molar-refractivity contribution in [2.24, 2.45) is 0 Å². The van der Waals surface area contributed by atoms with Crippen LogP contribution in [0.5, 0.6) is 11.6 Å². The quantitative estimate of drug-likeness (QED) is 0.598. The standard InChI is InChI=1S/C20H18FNO5S/c1-3-12-7-16(28(25)26)10-22-20(12)27-19-11(2)14(8-18(23)24)6-13-4-5-15(21)9-17(13)19/h4-7,9-10H,3,8H2,1-2H3,(H,23,24)(H,25,26). The molecule has 0 bridgehead atoms.